The van der Waals surface area contributed by atoms with Crippen molar-refractivity contribution in [3.8, 4) is 5.75 Å². The van der Waals surface area contributed by atoms with E-state index in [0.717, 1.165) is 41.0 Å². The van der Waals surface area contributed by atoms with Gasteiger partial charge >= 0.3 is 5.97 Å². The number of carbonyl (C=O) groups excluding carboxylic acids is 3. The van der Waals surface area contributed by atoms with Gasteiger partial charge in [-0.2, -0.15) is 0 Å². The average Bonchev–Trinajstić information content (AvgIpc) is 3.25. The van der Waals surface area contributed by atoms with Gasteiger partial charge in [-0.05, 0) is 66.0 Å². The van der Waals surface area contributed by atoms with Crippen LogP contribution in [0, 0.1) is 11.3 Å². The average molecular weight is 535 g/mol. The van der Waals surface area contributed by atoms with E-state index in [-0.39, 0.29) is 29.2 Å². The number of rotatable bonds is 7. The fourth-order valence-corrected chi connectivity index (χ4v) is 6.16. The Bertz CT molecular complexity index is 1340. The third-order valence-electron chi connectivity index (χ3n) is 7.07. The maximum atomic E-state index is 13.7. The molecule has 1 aliphatic rings. The van der Waals surface area contributed by atoms with Crippen molar-refractivity contribution in [2.45, 2.75) is 46.5 Å². The van der Waals surface area contributed by atoms with Crippen LogP contribution in [0.2, 0.25) is 0 Å². The predicted octanol–water partition coefficient (Wildman–Crippen LogP) is 6.13. The molecule has 1 aromatic heterocycles. The number of esters is 1. The normalized spacial score (nSPS) is 14.8. The highest BCUT2D eigenvalue weighted by Gasteiger charge is 2.34. The van der Waals surface area contributed by atoms with Crippen molar-refractivity contribution >= 4 is 39.8 Å². The van der Waals surface area contributed by atoms with E-state index in [1.54, 1.807) is 31.4 Å². The van der Waals surface area contributed by atoms with Gasteiger partial charge in [0.05, 0.1) is 37.5 Å². The van der Waals surface area contributed by atoms with Crippen LogP contribution in [0.1, 0.15) is 63.9 Å². The SMILES string of the molecule is COC(=O)c1ccccc1NC(=O)c1c(NC(=O)Cc2ccc(OC)cc2)sc2c1CC[C@@H](C(C)(C)C)C2. The van der Waals surface area contributed by atoms with E-state index in [0.29, 0.717) is 22.2 Å². The van der Waals surface area contributed by atoms with Crippen LogP contribution < -0.4 is 15.4 Å². The van der Waals surface area contributed by atoms with Gasteiger partial charge in [-0.25, -0.2) is 4.79 Å². The summed E-state index contributed by atoms with van der Waals surface area (Å²) in [4.78, 5) is 40.1. The quantitative estimate of drug-likeness (QED) is 0.356. The monoisotopic (exact) mass is 534 g/mol. The zero-order chi connectivity index (χ0) is 27.4. The molecule has 2 amide bonds. The molecule has 0 saturated heterocycles. The standard InChI is InChI=1S/C30H34N2O5S/c1-30(2,3)19-12-15-22-24(17-19)38-28(32-25(33)16-18-10-13-20(36-4)14-11-18)26(22)27(34)31-23-9-7-6-8-21(23)29(35)37-5/h6-11,13-14,19H,12,15-17H2,1-5H3,(H,31,34)(H,32,33)/t19-/m1/s1. The van der Waals surface area contributed by atoms with Gasteiger partial charge < -0.3 is 20.1 Å². The zero-order valence-corrected chi connectivity index (χ0v) is 23.3. The topological polar surface area (TPSA) is 93.7 Å². The van der Waals surface area contributed by atoms with Gasteiger partial charge in [-0.3, -0.25) is 9.59 Å². The van der Waals surface area contributed by atoms with E-state index in [1.807, 2.05) is 24.3 Å². The summed E-state index contributed by atoms with van der Waals surface area (Å²) in [5.41, 5.74) is 3.06. The Balaban J connectivity index is 1.64. The van der Waals surface area contributed by atoms with Crippen LogP contribution in [0.4, 0.5) is 10.7 Å². The molecule has 1 aliphatic carbocycles. The number of nitrogens with one attached hydrogen (secondary N) is 2. The lowest BCUT2D eigenvalue weighted by molar-refractivity contribution is -0.115. The smallest absolute Gasteiger partial charge is 0.339 e. The number of hydrogen-bond acceptors (Lipinski definition) is 6. The third kappa shape index (κ3) is 6.07. The van der Waals surface area contributed by atoms with E-state index in [4.69, 9.17) is 9.47 Å². The number of carbonyl (C=O) groups is 3. The molecule has 2 N–H and O–H groups in total. The van der Waals surface area contributed by atoms with Crippen LogP contribution in [-0.2, 0) is 28.8 Å². The third-order valence-corrected chi connectivity index (χ3v) is 8.24. The first-order valence-corrected chi connectivity index (χ1v) is 13.5. The van der Waals surface area contributed by atoms with Crippen LogP contribution >= 0.6 is 11.3 Å². The largest absolute Gasteiger partial charge is 0.497 e. The van der Waals surface area contributed by atoms with E-state index in [2.05, 4.69) is 31.4 Å². The van der Waals surface area contributed by atoms with Crippen LogP contribution in [0.3, 0.4) is 0 Å². The molecule has 4 rings (SSSR count). The van der Waals surface area contributed by atoms with Crippen LogP contribution in [0.15, 0.2) is 48.5 Å². The van der Waals surface area contributed by atoms with E-state index >= 15 is 0 Å². The number of hydrogen-bond donors (Lipinski definition) is 2. The minimum atomic E-state index is -0.533. The highest BCUT2D eigenvalue weighted by molar-refractivity contribution is 7.17. The summed E-state index contributed by atoms with van der Waals surface area (Å²) in [5.74, 6) is 0.111. The molecule has 7 nitrogen and oxygen atoms in total. The second-order valence-corrected chi connectivity index (χ2v) is 11.7. The summed E-state index contributed by atoms with van der Waals surface area (Å²) >= 11 is 1.48. The van der Waals surface area contributed by atoms with Crippen molar-refractivity contribution in [2.24, 2.45) is 11.3 Å². The summed E-state index contributed by atoms with van der Waals surface area (Å²) in [5, 5.41) is 6.45. The molecule has 0 fully saturated rings. The molecule has 3 aromatic rings. The lowest BCUT2D eigenvalue weighted by atomic mass is 9.72. The summed E-state index contributed by atoms with van der Waals surface area (Å²) in [6.45, 7) is 6.72. The van der Waals surface area contributed by atoms with Gasteiger partial charge in [0.2, 0.25) is 5.91 Å². The number of para-hydroxylation sites is 1. The fourth-order valence-electron chi connectivity index (χ4n) is 4.82. The molecule has 38 heavy (non-hydrogen) atoms. The molecular formula is C30H34N2O5S. The molecule has 0 bridgehead atoms. The lowest BCUT2D eigenvalue weighted by Gasteiger charge is -2.33. The van der Waals surface area contributed by atoms with Gasteiger partial charge in [0, 0.05) is 4.88 Å². The fraction of sp³-hybridized carbons (Fsp3) is 0.367. The summed E-state index contributed by atoms with van der Waals surface area (Å²) in [7, 11) is 2.90. The Morgan fingerprint density at radius 3 is 2.37 bits per heavy atom. The molecule has 1 atom stereocenters. The lowest BCUT2D eigenvalue weighted by Crippen LogP contribution is -2.27. The Morgan fingerprint density at radius 1 is 1.00 bits per heavy atom. The molecule has 0 spiro atoms. The van der Waals surface area contributed by atoms with Crippen molar-refractivity contribution in [1.29, 1.82) is 0 Å². The molecule has 0 unspecified atom stereocenters. The maximum absolute atomic E-state index is 13.7. The molecule has 1 heterocycles. The first-order chi connectivity index (χ1) is 18.1. The van der Waals surface area contributed by atoms with Gasteiger partial charge in [0.25, 0.3) is 5.91 Å². The molecule has 0 radical (unpaired) electrons. The number of fused-ring (bicyclic) bond motifs is 1. The number of benzene rings is 2. The van der Waals surface area contributed by atoms with Crippen molar-refractivity contribution in [3.63, 3.8) is 0 Å². The Morgan fingerprint density at radius 2 is 1.71 bits per heavy atom. The molecule has 200 valence electrons. The Labute approximate surface area is 227 Å². The van der Waals surface area contributed by atoms with Gasteiger partial charge in [-0.15, -0.1) is 11.3 Å². The first-order valence-electron chi connectivity index (χ1n) is 12.7. The van der Waals surface area contributed by atoms with Crippen LogP contribution in [-0.4, -0.2) is 32.0 Å². The van der Waals surface area contributed by atoms with Crippen molar-refractivity contribution in [2.75, 3.05) is 24.9 Å². The maximum Gasteiger partial charge on any atom is 0.339 e. The van der Waals surface area contributed by atoms with E-state index in [9.17, 15) is 14.4 Å². The number of ether oxygens (including phenoxy) is 2. The predicted molar refractivity (Wildman–Crippen MR) is 150 cm³/mol. The number of thiophene rings is 1. The first kappa shape index (κ1) is 27.4. The Hall–Kier alpha value is -3.65. The van der Waals surface area contributed by atoms with Gasteiger partial charge in [0.1, 0.15) is 10.8 Å². The summed E-state index contributed by atoms with van der Waals surface area (Å²) in [6.07, 6.45) is 2.75. The second kappa shape index (κ2) is 11.4. The van der Waals surface area contributed by atoms with Gasteiger partial charge in [0.15, 0.2) is 0 Å². The Kier molecular flexibility index (Phi) is 8.21. The second-order valence-electron chi connectivity index (χ2n) is 10.6. The number of amides is 2. The summed E-state index contributed by atoms with van der Waals surface area (Å²) < 4.78 is 10.1. The number of methoxy groups -OCH3 is 2. The summed E-state index contributed by atoms with van der Waals surface area (Å²) in [6, 6.07) is 14.1. The van der Waals surface area contributed by atoms with Crippen LogP contribution in [0.5, 0.6) is 5.75 Å². The highest BCUT2D eigenvalue weighted by Crippen LogP contribution is 2.44. The highest BCUT2D eigenvalue weighted by atomic mass is 32.1. The van der Waals surface area contributed by atoms with E-state index < -0.39 is 5.97 Å². The molecule has 0 aliphatic heterocycles. The molecule has 8 heteroatoms. The van der Waals surface area contributed by atoms with Crippen molar-refractivity contribution in [1.82, 2.24) is 0 Å². The van der Waals surface area contributed by atoms with Crippen molar-refractivity contribution in [3.05, 3.63) is 75.7 Å². The van der Waals surface area contributed by atoms with Crippen LogP contribution in [0.25, 0.3) is 0 Å². The van der Waals surface area contributed by atoms with Crippen molar-refractivity contribution < 1.29 is 23.9 Å². The van der Waals surface area contributed by atoms with E-state index in [1.165, 1.54) is 18.4 Å². The molecule has 0 saturated carbocycles. The minimum Gasteiger partial charge on any atom is -0.497 e. The molecule has 2 aromatic carbocycles. The molecular weight excluding hydrogens is 500 g/mol. The minimum absolute atomic E-state index is 0.140. The van der Waals surface area contributed by atoms with Gasteiger partial charge in [-0.1, -0.05) is 45.0 Å². The zero-order valence-electron chi connectivity index (χ0n) is 22.5. The number of anilines is 2.